The van der Waals surface area contributed by atoms with E-state index in [-0.39, 0.29) is 25.4 Å². The topological polar surface area (TPSA) is 203 Å². The van der Waals surface area contributed by atoms with E-state index in [1.165, 1.54) is 12.8 Å². The highest BCUT2D eigenvalue weighted by Gasteiger charge is 2.51. The van der Waals surface area contributed by atoms with E-state index in [2.05, 4.69) is 16.0 Å². The summed E-state index contributed by atoms with van der Waals surface area (Å²) in [6.45, 7) is 3.41. The van der Waals surface area contributed by atoms with Crippen molar-refractivity contribution in [3.05, 3.63) is 11.8 Å². The largest absolute Gasteiger partial charge is 0.468 e. The lowest BCUT2D eigenvalue weighted by Crippen LogP contribution is -2.69. The molecule has 0 unspecified atom stereocenters. The van der Waals surface area contributed by atoms with Crippen LogP contribution >= 0.6 is 0 Å². The summed E-state index contributed by atoms with van der Waals surface area (Å²) in [6.07, 6.45) is 0.821. The van der Waals surface area contributed by atoms with Crippen LogP contribution in [0.4, 0.5) is 0 Å². The molecule has 2 saturated carbocycles. The van der Waals surface area contributed by atoms with Gasteiger partial charge in [-0.2, -0.15) is 0 Å². The first-order valence-corrected chi connectivity index (χ1v) is 14.6. The Hall–Kier alpha value is -1.39. The lowest BCUT2D eigenvalue weighted by molar-refractivity contribution is -0.303. The van der Waals surface area contributed by atoms with E-state index >= 15 is 0 Å². The van der Waals surface area contributed by atoms with Gasteiger partial charge in [0.25, 0.3) is 0 Å². The molecule has 0 radical (unpaired) electrons. The first kappa shape index (κ1) is 31.5. The third-order valence-corrected chi connectivity index (χ3v) is 8.20. The first-order valence-electron chi connectivity index (χ1n) is 14.6. The highest BCUT2D eigenvalue weighted by molar-refractivity contribution is 5.76. The maximum absolute atomic E-state index is 12.6. The lowest BCUT2D eigenvalue weighted by Gasteiger charge is -2.48. The number of carbonyl (C=O) groups excluding carboxylic acids is 1. The summed E-state index contributed by atoms with van der Waals surface area (Å²) in [4.78, 5) is 12.6. The molecule has 40 heavy (non-hydrogen) atoms. The minimum absolute atomic E-state index is 0.101. The Morgan fingerprint density at radius 2 is 1.98 bits per heavy atom. The number of carbonyl (C=O) groups is 1. The zero-order valence-corrected chi connectivity index (χ0v) is 23.7. The summed E-state index contributed by atoms with van der Waals surface area (Å²) < 4.78 is 24.1. The van der Waals surface area contributed by atoms with E-state index in [9.17, 15) is 20.1 Å². The number of likely N-dealkylation sites (N-methyl/N-ethyl adjacent to an activating group) is 1. The van der Waals surface area contributed by atoms with Crippen molar-refractivity contribution in [2.75, 3.05) is 33.3 Å². The molecule has 3 fully saturated rings. The third-order valence-electron chi connectivity index (χ3n) is 8.20. The van der Waals surface area contributed by atoms with E-state index in [1.54, 1.807) is 14.0 Å². The van der Waals surface area contributed by atoms with E-state index in [0.717, 1.165) is 24.6 Å². The zero-order chi connectivity index (χ0) is 28.9. The molecule has 13 nitrogen and oxygen atoms in total. The SMILES string of the molecule is CN[C@@H]1[C@@H](O)[C@@H](O[C@@H]2[C@@H](O)[C@H](O[C@@H]3CCC=C(CNCC4CC4)O3)[C@@H](N)C[C@H]2NC(=O)CCCN)OC[C@]1(C)O. The lowest BCUT2D eigenvalue weighted by atomic mass is 9.83. The number of hydrogen-bond acceptors (Lipinski definition) is 12. The summed E-state index contributed by atoms with van der Waals surface area (Å²) >= 11 is 0. The van der Waals surface area contributed by atoms with Crippen molar-refractivity contribution >= 4 is 5.91 Å². The Morgan fingerprint density at radius 3 is 2.67 bits per heavy atom. The number of nitrogens with one attached hydrogen (secondary N) is 3. The van der Waals surface area contributed by atoms with Crippen LogP contribution in [0.2, 0.25) is 0 Å². The smallest absolute Gasteiger partial charge is 0.220 e. The van der Waals surface area contributed by atoms with Gasteiger partial charge in [-0.25, -0.2) is 0 Å². The maximum Gasteiger partial charge on any atom is 0.220 e. The molecule has 10 N–H and O–H groups in total. The van der Waals surface area contributed by atoms with Crippen molar-refractivity contribution in [1.29, 1.82) is 0 Å². The monoisotopic (exact) mass is 571 g/mol. The molecule has 230 valence electrons. The molecule has 0 aromatic carbocycles. The van der Waals surface area contributed by atoms with Crippen LogP contribution < -0.4 is 27.4 Å². The predicted octanol–water partition coefficient (Wildman–Crippen LogP) is -1.85. The van der Waals surface area contributed by atoms with Gasteiger partial charge in [-0.3, -0.25) is 4.79 Å². The number of hydrogen-bond donors (Lipinski definition) is 8. The van der Waals surface area contributed by atoms with Crippen molar-refractivity contribution in [3.8, 4) is 0 Å². The van der Waals surface area contributed by atoms with Gasteiger partial charge in [0.15, 0.2) is 12.6 Å². The minimum atomic E-state index is -1.33. The van der Waals surface area contributed by atoms with E-state index in [0.29, 0.717) is 25.9 Å². The summed E-state index contributed by atoms with van der Waals surface area (Å²) in [5.74, 6) is 1.32. The van der Waals surface area contributed by atoms with Gasteiger partial charge in [-0.05, 0) is 71.2 Å². The van der Waals surface area contributed by atoms with Gasteiger partial charge in [0.1, 0.15) is 35.8 Å². The quantitative estimate of drug-likeness (QED) is 0.123. The first-order chi connectivity index (χ1) is 19.1. The van der Waals surface area contributed by atoms with Crippen LogP contribution in [-0.2, 0) is 23.7 Å². The van der Waals surface area contributed by atoms with Crippen LogP contribution in [0.3, 0.4) is 0 Å². The van der Waals surface area contributed by atoms with Gasteiger partial charge in [-0.15, -0.1) is 0 Å². The Balaban J connectivity index is 1.43. The molecular formula is C27H49N5O8. The van der Waals surface area contributed by atoms with Crippen LogP contribution in [-0.4, -0.2) is 115 Å². The second kappa shape index (κ2) is 14.2. The molecular weight excluding hydrogens is 522 g/mol. The normalized spacial score (nSPS) is 40.3. The third kappa shape index (κ3) is 8.12. The van der Waals surface area contributed by atoms with Crippen molar-refractivity contribution in [3.63, 3.8) is 0 Å². The van der Waals surface area contributed by atoms with Crippen LogP contribution in [0.5, 0.6) is 0 Å². The number of allylic oxidation sites excluding steroid dienone is 1. The van der Waals surface area contributed by atoms with E-state index in [4.69, 9.17) is 30.4 Å². The number of ether oxygens (including phenoxy) is 4. The van der Waals surface area contributed by atoms with Gasteiger partial charge in [0.05, 0.1) is 25.2 Å². The molecule has 4 rings (SSSR count). The highest BCUT2D eigenvalue weighted by Crippen LogP contribution is 2.32. The van der Waals surface area contributed by atoms with Crippen LogP contribution in [0.15, 0.2) is 11.8 Å². The van der Waals surface area contributed by atoms with E-state index in [1.807, 2.05) is 6.08 Å². The molecule has 0 bridgehead atoms. The molecule has 0 aromatic heterocycles. The molecule has 2 heterocycles. The molecule has 10 atom stereocenters. The molecule has 2 aliphatic carbocycles. The number of rotatable bonds is 13. The standard InChI is InChI=1S/C27H49N5O8/c1-27(36)14-37-26(22(35)25(27)30-2)40-24-18(32-19(33)6-4-10-28)11-17(29)23(21(24)34)39-20-7-3-5-16(38-20)13-31-12-15-8-9-15/h5,15,17-18,20-26,30-31,34-36H,3-4,6-14,28-29H2,1-2H3,(H,32,33)/t17-,18+,20+,21-,22+,23+,24-,25+,26+,27-/m0/s1. The molecule has 4 aliphatic rings. The van der Waals surface area contributed by atoms with Crippen LogP contribution in [0, 0.1) is 5.92 Å². The van der Waals surface area contributed by atoms with Gasteiger partial charge in [-0.1, -0.05) is 0 Å². The van der Waals surface area contributed by atoms with Crippen molar-refractivity contribution in [2.45, 2.75) is 113 Å². The summed E-state index contributed by atoms with van der Waals surface area (Å²) in [5.41, 5.74) is 10.7. The second-order valence-electron chi connectivity index (χ2n) is 11.8. The number of aliphatic hydroxyl groups is 3. The van der Waals surface area contributed by atoms with Crippen LogP contribution in [0.1, 0.15) is 51.9 Å². The average molecular weight is 572 g/mol. The summed E-state index contributed by atoms with van der Waals surface area (Å²) in [6, 6.07) is -2.03. The summed E-state index contributed by atoms with van der Waals surface area (Å²) in [5, 5.41) is 42.3. The fourth-order valence-electron chi connectivity index (χ4n) is 5.76. The summed E-state index contributed by atoms with van der Waals surface area (Å²) in [7, 11) is 1.62. The molecule has 0 spiro atoms. The number of amides is 1. The minimum Gasteiger partial charge on any atom is -0.468 e. The Bertz CT molecular complexity index is 859. The second-order valence-corrected chi connectivity index (χ2v) is 11.8. The fraction of sp³-hybridized carbons (Fsp3) is 0.889. The molecule has 0 aromatic rings. The maximum atomic E-state index is 12.6. The zero-order valence-electron chi connectivity index (χ0n) is 23.7. The molecule has 2 aliphatic heterocycles. The number of aliphatic hydroxyl groups excluding tert-OH is 2. The fourth-order valence-corrected chi connectivity index (χ4v) is 5.76. The predicted molar refractivity (Wildman–Crippen MR) is 146 cm³/mol. The van der Waals surface area contributed by atoms with Gasteiger partial charge in [0, 0.05) is 18.9 Å². The van der Waals surface area contributed by atoms with E-state index < -0.39 is 60.7 Å². The highest BCUT2D eigenvalue weighted by atomic mass is 16.7. The molecule has 1 saturated heterocycles. The van der Waals surface area contributed by atoms with Gasteiger partial charge >= 0.3 is 0 Å². The Labute approximate surface area is 236 Å². The van der Waals surface area contributed by atoms with Gasteiger partial charge in [0.2, 0.25) is 5.91 Å². The van der Waals surface area contributed by atoms with Gasteiger partial charge < -0.3 is 61.7 Å². The van der Waals surface area contributed by atoms with Crippen LogP contribution in [0.25, 0.3) is 0 Å². The van der Waals surface area contributed by atoms with Crippen molar-refractivity contribution < 1.29 is 39.1 Å². The molecule has 1 amide bonds. The Kier molecular flexibility index (Phi) is 11.2. The van der Waals surface area contributed by atoms with Crippen molar-refractivity contribution in [2.24, 2.45) is 17.4 Å². The average Bonchev–Trinajstić information content (AvgIpc) is 3.73. The number of nitrogens with two attached hydrogens (primary N) is 2. The van der Waals surface area contributed by atoms with Crippen molar-refractivity contribution in [1.82, 2.24) is 16.0 Å². The Morgan fingerprint density at radius 1 is 1.20 bits per heavy atom. The molecule has 13 heteroatoms.